The molecule has 0 bridgehead atoms. The first kappa shape index (κ1) is 14.5. The number of halogens is 1. The Hall–Kier alpha value is -1.87. The number of hydrogen-bond acceptors (Lipinski definition) is 2. The molecule has 2 rings (SSSR count). The van der Waals surface area contributed by atoms with Crippen molar-refractivity contribution in [3.63, 3.8) is 0 Å². The molecule has 2 aromatic rings. The van der Waals surface area contributed by atoms with Crippen LogP contribution < -0.4 is 10.5 Å². The molecule has 0 radical (unpaired) electrons. The van der Waals surface area contributed by atoms with Crippen molar-refractivity contribution in [2.24, 2.45) is 5.73 Å². The maximum Gasteiger partial charge on any atom is 0.124 e. The number of nitrogens with two attached hydrogens (primary N) is 1. The highest BCUT2D eigenvalue weighted by Crippen LogP contribution is 2.26. The van der Waals surface area contributed by atoms with E-state index >= 15 is 0 Å². The van der Waals surface area contributed by atoms with E-state index in [4.69, 9.17) is 10.5 Å². The summed E-state index contributed by atoms with van der Waals surface area (Å²) in [5, 5.41) is 0. The quantitative estimate of drug-likeness (QED) is 0.912. The second-order valence-corrected chi connectivity index (χ2v) is 5.19. The molecule has 2 aromatic carbocycles. The summed E-state index contributed by atoms with van der Waals surface area (Å²) in [6.45, 7) is 6.25. The van der Waals surface area contributed by atoms with Crippen LogP contribution in [0.25, 0.3) is 0 Å². The molecule has 0 fully saturated rings. The second kappa shape index (κ2) is 6.06. The predicted octanol–water partition coefficient (Wildman–Crippen LogP) is 4.04. The fraction of sp³-hybridized carbons (Fsp3) is 0.294. The molecule has 0 spiro atoms. The average molecular weight is 273 g/mol. The third-order valence-electron chi connectivity index (χ3n) is 3.34. The summed E-state index contributed by atoms with van der Waals surface area (Å²) >= 11 is 0. The van der Waals surface area contributed by atoms with E-state index in [0.29, 0.717) is 6.61 Å². The Labute approximate surface area is 119 Å². The summed E-state index contributed by atoms with van der Waals surface area (Å²) in [5.41, 5.74) is 9.98. The van der Waals surface area contributed by atoms with Gasteiger partial charge in [-0.25, -0.2) is 4.39 Å². The maximum atomic E-state index is 13.1. The molecule has 2 nitrogen and oxygen atoms in total. The van der Waals surface area contributed by atoms with Crippen molar-refractivity contribution < 1.29 is 9.13 Å². The van der Waals surface area contributed by atoms with Gasteiger partial charge in [0.05, 0.1) is 0 Å². The number of benzene rings is 2. The van der Waals surface area contributed by atoms with Gasteiger partial charge in [-0.05, 0) is 50.1 Å². The molecule has 0 aliphatic carbocycles. The lowest BCUT2D eigenvalue weighted by Gasteiger charge is -2.15. The lowest BCUT2D eigenvalue weighted by Crippen LogP contribution is -2.08. The summed E-state index contributed by atoms with van der Waals surface area (Å²) in [6, 6.07) is 10.6. The van der Waals surface area contributed by atoms with Gasteiger partial charge in [-0.1, -0.05) is 23.8 Å². The molecule has 2 N–H and O–H groups in total. The third kappa shape index (κ3) is 3.36. The summed E-state index contributed by atoms with van der Waals surface area (Å²) in [5.74, 6) is 0.562. The summed E-state index contributed by atoms with van der Waals surface area (Å²) < 4.78 is 18.9. The summed E-state index contributed by atoms with van der Waals surface area (Å²) in [6.07, 6.45) is 0. The van der Waals surface area contributed by atoms with Gasteiger partial charge in [0.1, 0.15) is 18.2 Å². The molecule has 0 heterocycles. The monoisotopic (exact) mass is 273 g/mol. The second-order valence-electron chi connectivity index (χ2n) is 5.19. The highest BCUT2D eigenvalue weighted by molar-refractivity contribution is 5.39. The van der Waals surface area contributed by atoms with Crippen LogP contribution in [-0.2, 0) is 6.61 Å². The SMILES string of the molecule is Cc1ccc(OCc2ccc(F)cc2C)c(C(C)N)c1. The van der Waals surface area contributed by atoms with Gasteiger partial charge in [0, 0.05) is 11.6 Å². The molecule has 20 heavy (non-hydrogen) atoms. The Bertz CT molecular complexity index is 608. The van der Waals surface area contributed by atoms with Gasteiger partial charge >= 0.3 is 0 Å². The van der Waals surface area contributed by atoms with Crippen molar-refractivity contribution in [3.8, 4) is 5.75 Å². The first-order valence-corrected chi connectivity index (χ1v) is 6.71. The Morgan fingerprint density at radius 2 is 1.90 bits per heavy atom. The van der Waals surface area contributed by atoms with Crippen LogP contribution in [0.15, 0.2) is 36.4 Å². The van der Waals surface area contributed by atoms with E-state index < -0.39 is 0 Å². The Balaban J connectivity index is 2.18. The van der Waals surface area contributed by atoms with E-state index in [1.54, 1.807) is 6.07 Å². The molecule has 0 aromatic heterocycles. The normalized spacial score (nSPS) is 12.2. The van der Waals surface area contributed by atoms with E-state index in [1.165, 1.54) is 12.1 Å². The predicted molar refractivity (Wildman–Crippen MR) is 79.3 cm³/mol. The van der Waals surface area contributed by atoms with Gasteiger partial charge in [-0.3, -0.25) is 0 Å². The van der Waals surface area contributed by atoms with Gasteiger partial charge in [-0.15, -0.1) is 0 Å². The van der Waals surface area contributed by atoms with Crippen LogP contribution in [0.4, 0.5) is 4.39 Å². The lowest BCUT2D eigenvalue weighted by atomic mass is 10.0. The van der Waals surface area contributed by atoms with Gasteiger partial charge in [0.2, 0.25) is 0 Å². The number of hydrogen-bond donors (Lipinski definition) is 1. The van der Waals surface area contributed by atoms with Gasteiger partial charge < -0.3 is 10.5 Å². The minimum absolute atomic E-state index is 0.0841. The van der Waals surface area contributed by atoms with E-state index in [1.807, 2.05) is 39.0 Å². The van der Waals surface area contributed by atoms with Crippen molar-refractivity contribution in [2.45, 2.75) is 33.4 Å². The summed E-state index contributed by atoms with van der Waals surface area (Å²) in [4.78, 5) is 0. The van der Waals surface area contributed by atoms with Gasteiger partial charge in [-0.2, -0.15) is 0 Å². The number of aryl methyl sites for hydroxylation is 2. The van der Waals surface area contributed by atoms with Gasteiger partial charge in [0.25, 0.3) is 0 Å². The highest BCUT2D eigenvalue weighted by Gasteiger charge is 2.09. The Kier molecular flexibility index (Phi) is 4.40. The minimum atomic E-state index is -0.224. The number of ether oxygens (including phenoxy) is 1. The zero-order valence-electron chi connectivity index (χ0n) is 12.1. The fourth-order valence-electron chi connectivity index (χ4n) is 2.13. The van der Waals surface area contributed by atoms with Crippen molar-refractivity contribution in [3.05, 3.63) is 64.5 Å². The minimum Gasteiger partial charge on any atom is -0.489 e. The summed E-state index contributed by atoms with van der Waals surface area (Å²) in [7, 11) is 0. The maximum absolute atomic E-state index is 13.1. The van der Waals surface area contributed by atoms with E-state index in [-0.39, 0.29) is 11.9 Å². The Morgan fingerprint density at radius 1 is 1.15 bits per heavy atom. The van der Waals surface area contributed by atoms with E-state index in [0.717, 1.165) is 28.0 Å². The third-order valence-corrected chi connectivity index (χ3v) is 3.34. The molecular weight excluding hydrogens is 253 g/mol. The van der Waals surface area contributed by atoms with Crippen LogP contribution in [0.3, 0.4) is 0 Å². The van der Waals surface area contributed by atoms with Crippen LogP contribution in [0.1, 0.15) is 35.2 Å². The van der Waals surface area contributed by atoms with E-state index in [9.17, 15) is 4.39 Å². The largest absolute Gasteiger partial charge is 0.489 e. The van der Waals surface area contributed by atoms with Crippen LogP contribution in [0.5, 0.6) is 5.75 Å². The zero-order valence-corrected chi connectivity index (χ0v) is 12.1. The lowest BCUT2D eigenvalue weighted by molar-refractivity contribution is 0.300. The number of rotatable bonds is 4. The van der Waals surface area contributed by atoms with Crippen molar-refractivity contribution >= 4 is 0 Å². The molecule has 1 unspecified atom stereocenters. The average Bonchev–Trinajstić information content (AvgIpc) is 2.38. The molecule has 1 atom stereocenters. The smallest absolute Gasteiger partial charge is 0.124 e. The Morgan fingerprint density at radius 3 is 2.55 bits per heavy atom. The van der Waals surface area contributed by atoms with Crippen LogP contribution in [-0.4, -0.2) is 0 Å². The molecule has 106 valence electrons. The van der Waals surface area contributed by atoms with Crippen LogP contribution in [0.2, 0.25) is 0 Å². The highest BCUT2D eigenvalue weighted by atomic mass is 19.1. The van der Waals surface area contributed by atoms with Crippen LogP contribution >= 0.6 is 0 Å². The topological polar surface area (TPSA) is 35.2 Å². The molecule has 0 saturated heterocycles. The van der Waals surface area contributed by atoms with Crippen molar-refractivity contribution in [1.29, 1.82) is 0 Å². The first-order chi connectivity index (χ1) is 9.47. The van der Waals surface area contributed by atoms with Crippen molar-refractivity contribution in [1.82, 2.24) is 0 Å². The first-order valence-electron chi connectivity index (χ1n) is 6.71. The molecule has 0 aliphatic rings. The molecular formula is C17H20FNO. The fourth-order valence-corrected chi connectivity index (χ4v) is 2.13. The molecule has 0 aliphatic heterocycles. The standard InChI is InChI=1S/C17H20FNO/c1-11-4-7-17(16(8-11)13(3)19)20-10-14-5-6-15(18)9-12(14)2/h4-9,13H,10,19H2,1-3H3. The molecule has 0 saturated carbocycles. The molecule has 0 amide bonds. The van der Waals surface area contributed by atoms with Crippen LogP contribution in [0, 0.1) is 19.7 Å². The van der Waals surface area contributed by atoms with E-state index in [2.05, 4.69) is 0 Å². The van der Waals surface area contributed by atoms with Gasteiger partial charge in [0.15, 0.2) is 0 Å². The zero-order chi connectivity index (χ0) is 14.7. The van der Waals surface area contributed by atoms with Crippen molar-refractivity contribution in [2.75, 3.05) is 0 Å². The molecule has 3 heteroatoms.